The maximum atomic E-state index is 12.7. The van der Waals surface area contributed by atoms with E-state index in [-0.39, 0.29) is 18.0 Å². The highest BCUT2D eigenvalue weighted by molar-refractivity contribution is 6.07. The Hall–Kier alpha value is -3.81. The van der Waals surface area contributed by atoms with Crippen LogP contribution in [0.3, 0.4) is 0 Å². The predicted octanol–water partition coefficient (Wildman–Crippen LogP) is 3.03. The highest BCUT2D eigenvalue weighted by atomic mass is 16.5. The number of amides is 1. The van der Waals surface area contributed by atoms with Crippen LogP contribution in [0, 0.1) is 0 Å². The lowest BCUT2D eigenvalue weighted by molar-refractivity contribution is -0.121. The van der Waals surface area contributed by atoms with Gasteiger partial charge >= 0.3 is 0 Å². The molecule has 166 valence electrons. The van der Waals surface area contributed by atoms with Gasteiger partial charge in [0.15, 0.2) is 11.5 Å². The van der Waals surface area contributed by atoms with Gasteiger partial charge in [-0.15, -0.1) is 0 Å². The molecule has 32 heavy (non-hydrogen) atoms. The van der Waals surface area contributed by atoms with Crippen molar-refractivity contribution in [1.29, 1.82) is 0 Å². The number of hydrogen-bond acceptors (Lipinski definition) is 5. The Kier molecular flexibility index (Phi) is 6.39. The number of para-hydroxylation sites is 1. The molecule has 0 aliphatic heterocycles. The molecule has 0 aliphatic rings. The number of benzene rings is 2. The molecule has 0 bridgehead atoms. The Bertz CT molecular complexity index is 1310. The van der Waals surface area contributed by atoms with Gasteiger partial charge in [0.25, 0.3) is 5.56 Å². The summed E-state index contributed by atoms with van der Waals surface area (Å²) in [5, 5.41) is 10.9. The molecule has 0 saturated carbocycles. The molecule has 8 heteroatoms. The van der Waals surface area contributed by atoms with Gasteiger partial charge in [0, 0.05) is 22.8 Å². The predicted molar refractivity (Wildman–Crippen MR) is 123 cm³/mol. The van der Waals surface area contributed by atoms with E-state index in [0.29, 0.717) is 43.2 Å². The number of nitrogens with one attached hydrogen (secondary N) is 2. The Morgan fingerprint density at radius 2 is 1.84 bits per heavy atom. The number of hydrogen-bond donors (Lipinski definition) is 2. The van der Waals surface area contributed by atoms with Gasteiger partial charge < -0.3 is 19.4 Å². The Labute approximate surface area is 185 Å². The molecule has 2 aromatic carbocycles. The molecule has 2 aromatic heterocycles. The first-order valence-corrected chi connectivity index (χ1v) is 10.7. The Balaban J connectivity index is 1.47. The molecule has 0 spiro atoms. The standard InChI is InChI=1S/C24H26N4O4/c1-3-31-20-10-9-16(13-21(20)32-4-2)11-12-25-22(29)15-28-19-8-6-5-7-17(19)18-14-26-27-24(30)23(18)28/h5-10,13-14H,3-4,11-12,15H2,1-2H3,(H,25,29)(H,27,30). The van der Waals surface area contributed by atoms with E-state index in [2.05, 4.69) is 15.5 Å². The lowest BCUT2D eigenvalue weighted by Gasteiger charge is -2.13. The molecular weight excluding hydrogens is 408 g/mol. The maximum absolute atomic E-state index is 12.7. The zero-order valence-corrected chi connectivity index (χ0v) is 18.2. The molecule has 0 unspecified atom stereocenters. The highest BCUT2D eigenvalue weighted by Crippen LogP contribution is 2.29. The fourth-order valence-corrected chi connectivity index (χ4v) is 3.88. The minimum absolute atomic E-state index is 0.0462. The van der Waals surface area contributed by atoms with E-state index >= 15 is 0 Å². The second-order valence-corrected chi connectivity index (χ2v) is 7.31. The van der Waals surface area contributed by atoms with E-state index in [1.807, 2.05) is 56.3 Å². The van der Waals surface area contributed by atoms with Crippen molar-refractivity contribution in [3.8, 4) is 11.5 Å². The molecule has 0 atom stereocenters. The zero-order chi connectivity index (χ0) is 22.5. The van der Waals surface area contributed by atoms with E-state index in [1.165, 1.54) is 0 Å². The van der Waals surface area contributed by atoms with E-state index in [1.54, 1.807) is 10.8 Å². The summed E-state index contributed by atoms with van der Waals surface area (Å²) < 4.78 is 13.0. The van der Waals surface area contributed by atoms with Crippen LogP contribution in [0.15, 0.2) is 53.5 Å². The molecule has 2 heterocycles. The van der Waals surface area contributed by atoms with Crippen molar-refractivity contribution in [1.82, 2.24) is 20.1 Å². The summed E-state index contributed by atoms with van der Waals surface area (Å²) in [6.07, 6.45) is 2.27. The number of aromatic nitrogens is 3. The van der Waals surface area contributed by atoms with Crippen molar-refractivity contribution in [2.75, 3.05) is 19.8 Å². The summed E-state index contributed by atoms with van der Waals surface area (Å²) >= 11 is 0. The minimum Gasteiger partial charge on any atom is -0.490 e. The molecule has 4 rings (SSSR count). The number of fused-ring (bicyclic) bond motifs is 3. The highest BCUT2D eigenvalue weighted by Gasteiger charge is 2.16. The number of ether oxygens (including phenoxy) is 2. The number of carbonyl (C=O) groups is 1. The average molecular weight is 434 g/mol. The topological polar surface area (TPSA) is 98.2 Å². The molecule has 0 saturated heterocycles. The van der Waals surface area contributed by atoms with Gasteiger partial charge in [-0.3, -0.25) is 9.59 Å². The van der Waals surface area contributed by atoms with Gasteiger partial charge in [0.05, 0.1) is 19.4 Å². The first-order valence-electron chi connectivity index (χ1n) is 10.7. The summed E-state index contributed by atoms with van der Waals surface area (Å²) in [4.78, 5) is 25.1. The summed E-state index contributed by atoms with van der Waals surface area (Å²) in [5.74, 6) is 1.25. The van der Waals surface area contributed by atoms with Gasteiger partial charge in [0.1, 0.15) is 12.1 Å². The van der Waals surface area contributed by atoms with E-state index in [9.17, 15) is 9.59 Å². The van der Waals surface area contributed by atoms with Gasteiger partial charge in [-0.05, 0) is 44.0 Å². The molecule has 0 aliphatic carbocycles. The summed E-state index contributed by atoms with van der Waals surface area (Å²) in [6.45, 7) is 5.49. The van der Waals surface area contributed by atoms with Crippen LogP contribution in [0.25, 0.3) is 21.8 Å². The van der Waals surface area contributed by atoms with Crippen LogP contribution in [-0.2, 0) is 17.8 Å². The first-order chi connectivity index (χ1) is 15.6. The van der Waals surface area contributed by atoms with Gasteiger partial charge in [-0.25, -0.2) is 5.10 Å². The van der Waals surface area contributed by atoms with Gasteiger partial charge in [-0.2, -0.15) is 5.10 Å². The van der Waals surface area contributed by atoms with Crippen molar-refractivity contribution < 1.29 is 14.3 Å². The zero-order valence-electron chi connectivity index (χ0n) is 18.2. The molecule has 2 N–H and O–H groups in total. The molecule has 0 radical (unpaired) electrons. The first kappa shape index (κ1) is 21.4. The lowest BCUT2D eigenvalue weighted by Crippen LogP contribution is -2.30. The smallest absolute Gasteiger partial charge is 0.288 e. The molecule has 4 aromatic rings. The number of aromatic amines is 1. The second-order valence-electron chi connectivity index (χ2n) is 7.31. The normalized spacial score (nSPS) is 11.1. The third kappa shape index (κ3) is 4.30. The number of carbonyl (C=O) groups excluding carboxylic acids is 1. The van der Waals surface area contributed by atoms with E-state index in [4.69, 9.17) is 9.47 Å². The van der Waals surface area contributed by atoms with Gasteiger partial charge in [0.2, 0.25) is 5.91 Å². The van der Waals surface area contributed by atoms with E-state index < -0.39 is 0 Å². The van der Waals surface area contributed by atoms with Crippen LogP contribution in [0.2, 0.25) is 0 Å². The quantitative estimate of drug-likeness (QED) is 0.422. The van der Waals surface area contributed by atoms with Crippen molar-refractivity contribution >= 4 is 27.7 Å². The van der Waals surface area contributed by atoms with Crippen LogP contribution in [0.4, 0.5) is 0 Å². The number of nitrogens with zero attached hydrogens (tertiary/aromatic N) is 2. The minimum atomic E-state index is -0.315. The maximum Gasteiger partial charge on any atom is 0.288 e. The second kappa shape index (κ2) is 9.55. The molecule has 0 fully saturated rings. The van der Waals surface area contributed by atoms with Crippen molar-refractivity contribution in [2.45, 2.75) is 26.8 Å². The van der Waals surface area contributed by atoms with Crippen LogP contribution in [0.5, 0.6) is 11.5 Å². The van der Waals surface area contributed by atoms with Crippen molar-refractivity contribution in [2.24, 2.45) is 0 Å². The molecule has 1 amide bonds. The average Bonchev–Trinajstić information content (AvgIpc) is 3.11. The monoisotopic (exact) mass is 434 g/mol. The van der Waals surface area contributed by atoms with Gasteiger partial charge in [-0.1, -0.05) is 24.3 Å². The van der Waals surface area contributed by atoms with E-state index in [0.717, 1.165) is 21.9 Å². The van der Waals surface area contributed by atoms with Crippen LogP contribution in [-0.4, -0.2) is 40.4 Å². The summed E-state index contributed by atoms with van der Waals surface area (Å²) in [7, 11) is 0. The van der Waals surface area contributed by atoms with Crippen molar-refractivity contribution in [3.63, 3.8) is 0 Å². The number of H-pyrrole nitrogens is 1. The fraction of sp³-hybridized carbons (Fsp3) is 0.292. The Morgan fingerprint density at radius 1 is 1.06 bits per heavy atom. The fourth-order valence-electron chi connectivity index (χ4n) is 3.88. The van der Waals surface area contributed by atoms with Crippen LogP contribution >= 0.6 is 0 Å². The van der Waals surface area contributed by atoms with Crippen molar-refractivity contribution in [3.05, 3.63) is 64.6 Å². The summed E-state index contributed by atoms with van der Waals surface area (Å²) in [5.41, 5.74) is 1.99. The number of rotatable bonds is 9. The third-order valence-electron chi connectivity index (χ3n) is 5.23. The molecular formula is C24H26N4O4. The largest absolute Gasteiger partial charge is 0.490 e. The van der Waals surface area contributed by atoms with Crippen LogP contribution in [0.1, 0.15) is 19.4 Å². The SMILES string of the molecule is CCOc1ccc(CCNC(=O)Cn2c3ccccc3c3cn[nH]c(=O)c32)cc1OCC. The van der Waals surface area contributed by atoms with Crippen LogP contribution < -0.4 is 20.3 Å². The third-order valence-corrected chi connectivity index (χ3v) is 5.23. The summed E-state index contributed by atoms with van der Waals surface area (Å²) in [6, 6.07) is 13.4. The molecule has 8 nitrogen and oxygen atoms in total. The lowest BCUT2D eigenvalue weighted by atomic mass is 10.1. The Morgan fingerprint density at radius 3 is 2.66 bits per heavy atom.